The highest BCUT2D eigenvalue weighted by Crippen LogP contribution is 2.03. The predicted molar refractivity (Wildman–Crippen MR) is 54.0 cm³/mol. The van der Waals surface area contributed by atoms with Gasteiger partial charge in [-0.1, -0.05) is 66.2 Å². The molecule has 0 bridgehead atoms. The summed E-state index contributed by atoms with van der Waals surface area (Å²) in [5, 5.41) is 0. The second kappa shape index (κ2) is 22.5. The fraction of sp³-hybridized carbons (Fsp3) is 1.00. The average molecular weight is 162 g/mol. The monoisotopic (exact) mass is 162 g/mol. The van der Waals surface area contributed by atoms with Gasteiger partial charge in [-0.2, -0.15) is 0 Å². The number of unbranched alkanes of at least 4 members (excludes halogenated alkanes) is 5. The van der Waals surface area contributed by atoms with Crippen molar-refractivity contribution < 1.29 is 5.48 Å². The second-order valence-corrected chi connectivity index (χ2v) is 2.41. The van der Waals surface area contributed by atoms with Crippen LogP contribution in [0.4, 0.5) is 0 Å². The van der Waals surface area contributed by atoms with Crippen LogP contribution in [0.5, 0.6) is 0 Å². The molecule has 1 heteroatoms. The van der Waals surface area contributed by atoms with Gasteiger partial charge in [-0.15, -0.1) is 0 Å². The third kappa shape index (κ3) is 25.7. The molecule has 0 amide bonds. The molecule has 1 nitrogen and oxygen atoms in total. The molecule has 0 fully saturated rings. The largest absolute Gasteiger partial charge is 0.412 e. The van der Waals surface area contributed by atoms with Crippen molar-refractivity contribution in [3.8, 4) is 0 Å². The molecular weight excluding hydrogens is 136 g/mol. The SMILES string of the molecule is CC.CCCCCCCC.O. The van der Waals surface area contributed by atoms with Crippen molar-refractivity contribution in [2.24, 2.45) is 0 Å². The third-order valence-electron chi connectivity index (χ3n) is 1.46. The summed E-state index contributed by atoms with van der Waals surface area (Å²) in [4.78, 5) is 0. The summed E-state index contributed by atoms with van der Waals surface area (Å²) in [5.74, 6) is 0. The molecule has 0 aliphatic rings. The Morgan fingerprint density at radius 2 is 0.909 bits per heavy atom. The van der Waals surface area contributed by atoms with Crippen molar-refractivity contribution in [3.05, 3.63) is 0 Å². The van der Waals surface area contributed by atoms with Crippen molar-refractivity contribution in [3.63, 3.8) is 0 Å². The lowest BCUT2D eigenvalue weighted by Crippen LogP contribution is -1.73. The summed E-state index contributed by atoms with van der Waals surface area (Å²) in [6.07, 6.45) is 8.49. The Bertz CT molecular complexity index is 29.9. The van der Waals surface area contributed by atoms with Gasteiger partial charge in [0.05, 0.1) is 0 Å². The van der Waals surface area contributed by atoms with E-state index in [2.05, 4.69) is 13.8 Å². The van der Waals surface area contributed by atoms with Gasteiger partial charge >= 0.3 is 0 Å². The minimum Gasteiger partial charge on any atom is -0.412 e. The van der Waals surface area contributed by atoms with Crippen molar-refractivity contribution in [1.29, 1.82) is 0 Å². The summed E-state index contributed by atoms with van der Waals surface area (Å²) in [6, 6.07) is 0. The van der Waals surface area contributed by atoms with E-state index in [0.717, 1.165) is 0 Å². The van der Waals surface area contributed by atoms with Gasteiger partial charge in [0, 0.05) is 0 Å². The molecule has 11 heavy (non-hydrogen) atoms. The first-order chi connectivity index (χ1) is 4.91. The summed E-state index contributed by atoms with van der Waals surface area (Å²) in [5.41, 5.74) is 0. The van der Waals surface area contributed by atoms with Crippen LogP contribution in [0.1, 0.15) is 66.2 Å². The van der Waals surface area contributed by atoms with Crippen LogP contribution in [-0.2, 0) is 0 Å². The zero-order valence-electron chi connectivity index (χ0n) is 8.74. The van der Waals surface area contributed by atoms with Gasteiger partial charge < -0.3 is 5.48 Å². The lowest BCUT2D eigenvalue weighted by molar-refractivity contribution is 0.624. The first-order valence-corrected chi connectivity index (χ1v) is 4.91. The maximum atomic E-state index is 2.26. The normalized spacial score (nSPS) is 7.64. The van der Waals surface area contributed by atoms with E-state index < -0.39 is 0 Å². The summed E-state index contributed by atoms with van der Waals surface area (Å²) in [6.45, 7) is 8.51. The van der Waals surface area contributed by atoms with Gasteiger partial charge in [-0.3, -0.25) is 0 Å². The van der Waals surface area contributed by atoms with Crippen molar-refractivity contribution >= 4 is 0 Å². The minimum absolute atomic E-state index is 0. The molecule has 0 rings (SSSR count). The molecular formula is C10H26O. The van der Waals surface area contributed by atoms with E-state index in [1.807, 2.05) is 13.8 Å². The lowest BCUT2D eigenvalue weighted by atomic mass is 10.1. The maximum Gasteiger partial charge on any atom is -0.0533 e. The Kier molecular flexibility index (Phi) is 35.1. The third-order valence-corrected chi connectivity index (χ3v) is 1.46. The summed E-state index contributed by atoms with van der Waals surface area (Å²) >= 11 is 0. The van der Waals surface area contributed by atoms with Crippen LogP contribution in [0.3, 0.4) is 0 Å². The van der Waals surface area contributed by atoms with E-state index in [4.69, 9.17) is 0 Å². The van der Waals surface area contributed by atoms with E-state index in [-0.39, 0.29) is 5.48 Å². The Morgan fingerprint density at radius 1 is 0.636 bits per heavy atom. The average Bonchev–Trinajstić information content (AvgIpc) is 2.02. The molecule has 72 valence electrons. The summed E-state index contributed by atoms with van der Waals surface area (Å²) in [7, 11) is 0. The summed E-state index contributed by atoms with van der Waals surface area (Å²) < 4.78 is 0. The van der Waals surface area contributed by atoms with E-state index in [1.54, 1.807) is 0 Å². The Morgan fingerprint density at radius 3 is 1.09 bits per heavy atom. The van der Waals surface area contributed by atoms with Gasteiger partial charge in [0.25, 0.3) is 0 Å². The van der Waals surface area contributed by atoms with E-state index in [9.17, 15) is 0 Å². The zero-order chi connectivity index (χ0) is 8.24. The fourth-order valence-electron chi connectivity index (χ4n) is 0.854. The Hall–Kier alpha value is -0.0400. The minimum atomic E-state index is 0. The molecule has 0 spiro atoms. The highest BCUT2D eigenvalue weighted by atomic mass is 16.0. The zero-order valence-corrected chi connectivity index (χ0v) is 8.74. The molecule has 0 aromatic carbocycles. The van der Waals surface area contributed by atoms with Crippen LogP contribution in [0.25, 0.3) is 0 Å². The first kappa shape index (κ1) is 17.2. The van der Waals surface area contributed by atoms with Gasteiger partial charge in [-0.25, -0.2) is 0 Å². The molecule has 0 saturated carbocycles. The molecule has 0 atom stereocenters. The molecule has 0 aliphatic heterocycles. The molecule has 0 aromatic rings. The van der Waals surface area contributed by atoms with Crippen molar-refractivity contribution in [2.75, 3.05) is 0 Å². The molecule has 2 N–H and O–H groups in total. The van der Waals surface area contributed by atoms with Crippen molar-refractivity contribution in [1.82, 2.24) is 0 Å². The maximum absolute atomic E-state index is 2.26. The van der Waals surface area contributed by atoms with Crippen LogP contribution in [0, 0.1) is 0 Å². The van der Waals surface area contributed by atoms with Crippen LogP contribution in [-0.4, -0.2) is 5.48 Å². The van der Waals surface area contributed by atoms with Crippen LogP contribution in [0.15, 0.2) is 0 Å². The van der Waals surface area contributed by atoms with Crippen LogP contribution >= 0.6 is 0 Å². The topological polar surface area (TPSA) is 31.5 Å². The van der Waals surface area contributed by atoms with Gasteiger partial charge in [-0.05, 0) is 0 Å². The van der Waals surface area contributed by atoms with E-state index in [0.29, 0.717) is 0 Å². The second-order valence-electron chi connectivity index (χ2n) is 2.41. The molecule has 0 unspecified atom stereocenters. The molecule has 0 aliphatic carbocycles. The standard InChI is InChI=1S/C8H18.C2H6.H2O/c1-3-5-7-8-6-4-2;1-2;/h3-8H2,1-2H3;1-2H3;1H2. The molecule has 0 radical (unpaired) electrons. The highest BCUT2D eigenvalue weighted by Gasteiger charge is 1.83. The molecule has 0 heterocycles. The van der Waals surface area contributed by atoms with E-state index in [1.165, 1.54) is 38.5 Å². The number of hydrogen-bond donors (Lipinski definition) is 0. The van der Waals surface area contributed by atoms with Crippen molar-refractivity contribution in [2.45, 2.75) is 66.2 Å². The van der Waals surface area contributed by atoms with Crippen LogP contribution < -0.4 is 0 Å². The lowest BCUT2D eigenvalue weighted by Gasteiger charge is -1.93. The van der Waals surface area contributed by atoms with E-state index >= 15 is 0 Å². The Balaban J connectivity index is -0.000000196. The smallest absolute Gasteiger partial charge is 0.0533 e. The number of hydrogen-bond acceptors (Lipinski definition) is 0. The quantitative estimate of drug-likeness (QED) is 0.553. The van der Waals surface area contributed by atoms with Gasteiger partial charge in [0.15, 0.2) is 0 Å². The number of rotatable bonds is 5. The predicted octanol–water partition coefficient (Wildman–Crippen LogP) is 3.57. The fourth-order valence-corrected chi connectivity index (χ4v) is 0.854. The highest BCUT2D eigenvalue weighted by molar-refractivity contribution is 4.39. The molecule has 0 saturated heterocycles. The molecule has 0 aromatic heterocycles. The first-order valence-electron chi connectivity index (χ1n) is 4.91. The van der Waals surface area contributed by atoms with Gasteiger partial charge in [0.1, 0.15) is 0 Å². The Labute approximate surface area is 72.5 Å². The van der Waals surface area contributed by atoms with Gasteiger partial charge in [0.2, 0.25) is 0 Å². The van der Waals surface area contributed by atoms with Crippen LogP contribution in [0.2, 0.25) is 0 Å².